The molecule has 0 fully saturated rings. The summed E-state index contributed by atoms with van der Waals surface area (Å²) in [6.45, 7) is 1.10. The first-order chi connectivity index (χ1) is 13.7. The predicted molar refractivity (Wildman–Crippen MR) is 92.6 cm³/mol. The minimum absolute atomic E-state index is 0.0548. The third kappa shape index (κ3) is 4.18. The molecule has 3 aromatic rings. The Morgan fingerprint density at radius 3 is 2.31 bits per heavy atom. The largest absolute Gasteiger partial charge is 0.492 e. The Hall–Kier alpha value is -3.50. The molecule has 29 heavy (non-hydrogen) atoms. The first kappa shape index (κ1) is 20.2. The zero-order valence-corrected chi connectivity index (χ0v) is 15.1. The highest BCUT2D eigenvalue weighted by atomic mass is 19.2. The summed E-state index contributed by atoms with van der Waals surface area (Å²) >= 11 is 0. The van der Waals surface area contributed by atoms with Crippen LogP contribution in [0.3, 0.4) is 0 Å². The van der Waals surface area contributed by atoms with Crippen molar-refractivity contribution in [2.45, 2.75) is 13.5 Å². The van der Waals surface area contributed by atoms with Crippen molar-refractivity contribution >= 4 is 11.6 Å². The highest BCUT2D eigenvalue weighted by molar-refractivity contribution is 5.58. The number of rotatable bonds is 5. The number of aromatic nitrogens is 3. The molecule has 0 saturated carbocycles. The van der Waals surface area contributed by atoms with Crippen molar-refractivity contribution < 1.29 is 26.7 Å². The van der Waals surface area contributed by atoms with E-state index in [1.807, 2.05) is 0 Å². The van der Waals surface area contributed by atoms with Gasteiger partial charge in [-0.1, -0.05) is 0 Å². The minimum Gasteiger partial charge on any atom is -0.492 e. The van der Waals surface area contributed by atoms with Crippen molar-refractivity contribution in [2.75, 3.05) is 12.4 Å². The molecule has 6 nitrogen and oxygen atoms in total. The number of nitrogens with one attached hydrogen (secondary N) is 1. The number of halogens is 5. The molecule has 0 aliphatic carbocycles. The molecule has 0 aliphatic heterocycles. The molecule has 152 valence electrons. The molecule has 3 rings (SSSR count). The number of benzene rings is 1. The lowest BCUT2D eigenvalue weighted by molar-refractivity contribution is 0.377. The molecule has 1 aromatic carbocycles. The molecule has 0 amide bonds. The molecular weight excluding hydrogens is 399 g/mol. The molecule has 0 spiro atoms. The second-order valence-corrected chi connectivity index (χ2v) is 5.96. The number of methoxy groups -OCH3 is 1. The average Bonchev–Trinajstić information content (AvgIpc) is 2.65. The SMILES string of the molecule is COc1cc(Nc2nc(=O)c(F)cn2Cc2cc(F)c(F)c(F)c2)c(C)nc1F. The van der Waals surface area contributed by atoms with E-state index in [2.05, 4.69) is 15.3 Å². The van der Waals surface area contributed by atoms with Gasteiger partial charge in [0.1, 0.15) is 0 Å². The zero-order valence-electron chi connectivity index (χ0n) is 15.1. The summed E-state index contributed by atoms with van der Waals surface area (Å²) in [6.07, 6.45) is 0.764. The number of hydrogen-bond acceptors (Lipinski definition) is 5. The van der Waals surface area contributed by atoms with Crippen molar-refractivity contribution in [1.82, 2.24) is 14.5 Å². The van der Waals surface area contributed by atoms with Crippen molar-refractivity contribution in [3.63, 3.8) is 0 Å². The van der Waals surface area contributed by atoms with Crippen LogP contribution in [0.15, 0.2) is 29.2 Å². The molecule has 0 aliphatic rings. The van der Waals surface area contributed by atoms with Gasteiger partial charge in [0.25, 0.3) is 5.95 Å². The number of pyridine rings is 1. The number of hydrogen-bond donors (Lipinski definition) is 1. The zero-order chi connectivity index (χ0) is 21.3. The Balaban J connectivity index is 2.04. The first-order valence-electron chi connectivity index (χ1n) is 8.08. The lowest BCUT2D eigenvalue weighted by atomic mass is 10.2. The summed E-state index contributed by atoms with van der Waals surface area (Å²) in [5.74, 6) is -6.99. The Labute approximate surface area is 160 Å². The van der Waals surface area contributed by atoms with E-state index in [4.69, 9.17) is 4.74 Å². The highest BCUT2D eigenvalue weighted by Crippen LogP contribution is 2.25. The maximum Gasteiger partial charge on any atom is 0.310 e. The van der Waals surface area contributed by atoms with Gasteiger partial charge in [0, 0.05) is 12.3 Å². The highest BCUT2D eigenvalue weighted by Gasteiger charge is 2.16. The predicted octanol–water partition coefficient (Wildman–Crippen LogP) is 3.44. The monoisotopic (exact) mass is 412 g/mol. The fraction of sp³-hybridized carbons (Fsp3) is 0.167. The summed E-state index contributed by atoms with van der Waals surface area (Å²) in [6, 6.07) is 2.70. The van der Waals surface area contributed by atoms with Gasteiger partial charge in [0.2, 0.25) is 11.8 Å². The molecule has 11 heteroatoms. The maximum atomic E-state index is 13.8. The molecule has 2 heterocycles. The lowest BCUT2D eigenvalue weighted by Crippen LogP contribution is -2.20. The van der Waals surface area contributed by atoms with Gasteiger partial charge in [-0.05, 0) is 24.6 Å². The quantitative estimate of drug-likeness (QED) is 0.395. The molecule has 0 atom stereocenters. The molecule has 0 unspecified atom stereocenters. The van der Waals surface area contributed by atoms with Gasteiger partial charge in [-0.3, -0.25) is 4.79 Å². The molecular formula is C18H13F5N4O2. The average molecular weight is 412 g/mol. The lowest BCUT2D eigenvalue weighted by Gasteiger charge is -2.16. The fourth-order valence-corrected chi connectivity index (χ4v) is 2.53. The van der Waals surface area contributed by atoms with Gasteiger partial charge in [-0.25, -0.2) is 18.2 Å². The Morgan fingerprint density at radius 2 is 1.69 bits per heavy atom. The smallest absolute Gasteiger partial charge is 0.310 e. The summed E-state index contributed by atoms with van der Waals surface area (Å²) in [5, 5.41) is 2.69. The van der Waals surface area contributed by atoms with Crippen LogP contribution in [0.2, 0.25) is 0 Å². The third-order valence-corrected chi connectivity index (χ3v) is 3.95. The van der Waals surface area contributed by atoms with E-state index in [0.29, 0.717) is 0 Å². The topological polar surface area (TPSA) is 69.0 Å². The van der Waals surface area contributed by atoms with Crippen molar-refractivity contribution in [3.05, 3.63) is 75.2 Å². The van der Waals surface area contributed by atoms with Crippen LogP contribution in [0, 0.1) is 36.1 Å². The first-order valence-corrected chi connectivity index (χ1v) is 8.08. The van der Waals surface area contributed by atoms with Gasteiger partial charge in [-0.2, -0.15) is 13.8 Å². The molecule has 0 radical (unpaired) electrons. The van der Waals surface area contributed by atoms with Crippen molar-refractivity contribution in [2.24, 2.45) is 0 Å². The van der Waals surface area contributed by atoms with E-state index in [-0.39, 0.29) is 35.2 Å². The molecule has 0 bridgehead atoms. The number of nitrogens with zero attached hydrogens (tertiary/aromatic N) is 3. The van der Waals surface area contributed by atoms with Gasteiger partial charge in [0.15, 0.2) is 23.2 Å². The normalized spacial score (nSPS) is 10.9. The number of anilines is 2. The third-order valence-electron chi connectivity index (χ3n) is 3.95. The maximum absolute atomic E-state index is 13.8. The summed E-state index contributed by atoms with van der Waals surface area (Å²) in [5.41, 5.74) is -0.889. The van der Waals surface area contributed by atoms with Gasteiger partial charge in [-0.15, -0.1) is 0 Å². The van der Waals surface area contributed by atoms with Crippen LogP contribution >= 0.6 is 0 Å². The van der Waals surface area contributed by atoms with Crippen LogP contribution in [-0.2, 0) is 6.54 Å². The van der Waals surface area contributed by atoms with Gasteiger partial charge in [0.05, 0.1) is 25.0 Å². The van der Waals surface area contributed by atoms with E-state index in [1.54, 1.807) is 0 Å². The van der Waals surface area contributed by atoms with Crippen molar-refractivity contribution in [1.29, 1.82) is 0 Å². The summed E-state index contributed by atoms with van der Waals surface area (Å²) in [4.78, 5) is 18.8. The van der Waals surface area contributed by atoms with Crippen molar-refractivity contribution in [3.8, 4) is 5.75 Å². The summed E-state index contributed by atoms with van der Waals surface area (Å²) < 4.78 is 73.4. The van der Waals surface area contributed by atoms with Crippen LogP contribution in [0.25, 0.3) is 0 Å². The van der Waals surface area contributed by atoms with Crippen LogP contribution in [0.5, 0.6) is 5.75 Å². The van der Waals surface area contributed by atoms with Crippen LogP contribution in [0.4, 0.5) is 33.6 Å². The van der Waals surface area contributed by atoms with Crippen LogP contribution in [-0.4, -0.2) is 21.6 Å². The van der Waals surface area contributed by atoms with E-state index >= 15 is 0 Å². The summed E-state index contributed by atoms with van der Waals surface area (Å²) in [7, 11) is 1.23. The number of aryl methyl sites for hydroxylation is 1. The standard InChI is InChI=1S/C18H13F5N4O2/c1-8-13(5-14(29-2)16(23)24-8)25-18-26-17(28)12(21)7-27(18)6-9-3-10(19)15(22)11(20)4-9/h3-5,7H,6H2,1-2H3,(H,25,26,28). The second-order valence-electron chi connectivity index (χ2n) is 5.96. The molecule has 1 N–H and O–H groups in total. The Kier molecular flexibility index (Phi) is 5.48. The Bertz CT molecular complexity index is 1130. The molecule has 2 aromatic heterocycles. The molecule has 0 saturated heterocycles. The van der Waals surface area contributed by atoms with Crippen LogP contribution in [0.1, 0.15) is 11.3 Å². The van der Waals surface area contributed by atoms with Crippen LogP contribution < -0.4 is 15.6 Å². The number of ether oxygens (including phenoxy) is 1. The van der Waals surface area contributed by atoms with E-state index in [0.717, 1.165) is 22.9 Å². The minimum atomic E-state index is -1.64. The van der Waals surface area contributed by atoms with E-state index in [1.165, 1.54) is 20.1 Å². The van der Waals surface area contributed by atoms with E-state index < -0.39 is 34.8 Å². The van der Waals surface area contributed by atoms with Gasteiger partial charge < -0.3 is 14.6 Å². The van der Waals surface area contributed by atoms with E-state index in [9.17, 15) is 26.7 Å². The fourth-order valence-electron chi connectivity index (χ4n) is 2.53. The Morgan fingerprint density at radius 1 is 1.03 bits per heavy atom. The van der Waals surface area contributed by atoms with Gasteiger partial charge >= 0.3 is 5.56 Å². The second kappa shape index (κ2) is 7.86.